The maximum Gasteiger partial charge on any atom is 0.265 e. The summed E-state index contributed by atoms with van der Waals surface area (Å²) in [5, 5.41) is 8.68. The van der Waals surface area contributed by atoms with Crippen LogP contribution in [0.25, 0.3) is 0 Å². The van der Waals surface area contributed by atoms with Crippen molar-refractivity contribution in [1.29, 1.82) is 5.26 Å². The van der Waals surface area contributed by atoms with Gasteiger partial charge < -0.3 is 0 Å². The van der Waals surface area contributed by atoms with E-state index in [2.05, 4.69) is 0 Å². The number of hydrogen-bond acceptors (Lipinski definition) is 3. The Kier molecular flexibility index (Phi) is 3.45. The lowest BCUT2D eigenvalue weighted by atomic mass is 10.0. The van der Waals surface area contributed by atoms with Crippen LogP contribution in [0.5, 0.6) is 0 Å². The molecule has 1 N–H and O–H groups in total. The molecule has 0 heterocycles. The van der Waals surface area contributed by atoms with Crippen LogP contribution in [0.15, 0.2) is 18.2 Å². The van der Waals surface area contributed by atoms with E-state index < -0.39 is 10.1 Å². The van der Waals surface area contributed by atoms with Crippen molar-refractivity contribution in [3.05, 3.63) is 34.9 Å². The number of nitriles is 1. The van der Waals surface area contributed by atoms with E-state index in [9.17, 15) is 8.42 Å². The predicted octanol–water partition coefficient (Wildman–Crippen LogP) is 1.30. The summed E-state index contributed by atoms with van der Waals surface area (Å²) in [4.78, 5) is 0. The van der Waals surface area contributed by atoms with Crippen LogP contribution in [0.2, 0.25) is 0 Å². The van der Waals surface area contributed by atoms with Gasteiger partial charge in [-0.25, -0.2) is 0 Å². The summed E-state index contributed by atoms with van der Waals surface area (Å²) in [5.74, 6) is -0.293. The lowest BCUT2D eigenvalue weighted by molar-refractivity contribution is 0.482. The van der Waals surface area contributed by atoms with Crippen molar-refractivity contribution >= 4 is 10.1 Å². The summed E-state index contributed by atoms with van der Waals surface area (Å²) in [5.41, 5.74) is 2.18. The van der Waals surface area contributed by atoms with Crippen molar-refractivity contribution in [2.75, 3.05) is 5.75 Å². The van der Waals surface area contributed by atoms with Gasteiger partial charge in [-0.15, -0.1) is 0 Å². The first-order chi connectivity index (χ1) is 6.92. The quantitative estimate of drug-likeness (QED) is 0.786. The van der Waals surface area contributed by atoms with Gasteiger partial charge in [-0.1, -0.05) is 12.1 Å². The van der Waals surface area contributed by atoms with Crippen LogP contribution in [0.1, 0.15) is 16.7 Å². The van der Waals surface area contributed by atoms with Crippen LogP contribution in [-0.4, -0.2) is 18.7 Å². The Morgan fingerprint density at radius 3 is 2.60 bits per heavy atom. The zero-order chi connectivity index (χ0) is 11.5. The molecule has 1 rings (SSSR count). The summed E-state index contributed by atoms with van der Waals surface area (Å²) in [6, 6.07) is 7.12. The Morgan fingerprint density at radius 1 is 1.47 bits per heavy atom. The standard InChI is InChI=1S/C10H11NO3S/c1-8-6-9(2-3-10(8)7-11)4-5-15(12,13)14/h2-3,6H,4-5H2,1H3,(H,12,13,14). The molecule has 0 bridgehead atoms. The Morgan fingerprint density at radius 2 is 2.13 bits per heavy atom. The molecule has 0 saturated heterocycles. The van der Waals surface area contributed by atoms with Crippen molar-refractivity contribution in [2.45, 2.75) is 13.3 Å². The van der Waals surface area contributed by atoms with Crippen molar-refractivity contribution in [2.24, 2.45) is 0 Å². The Hall–Kier alpha value is -1.38. The fourth-order valence-electron chi connectivity index (χ4n) is 1.25. The van der Waals surface area contributed by atoms with Gasteiger partial charge in [0.15, 0.2) is 0 Å². The van der Waals surface area contributed by atoms with E-state index in [0.717, 1.165) is 11.1 Å². The molecule has 0 aliphatic rings. The molecule has 0 unspecified atom stereocenters. The summed E-state index contributed by atoms with van der Waals surface area (Å²) in [6.45, 7) is 1.79. The molecule has 0 aromatic heterocycles. The molecule has 15 heavy (non-hydrogen) atoms. The Labute approximate surface area is 88.9 Å². The van der Waals surface area contributed by atoms with Gasteiger partial charge in [0, 0.05) is 0 Å². The van der Waals surface area contributed by atoms with Crippen LogP contribution in [0.3, 0.4) is 0 Å². The number of benzene rings is 1. The molecule has 1 aromatic carbocycles. The second kappa shape index (κ2) is 4.43. The van der Waals surface area contributed by atoms with Gasteiger partial charge in [0.2, 0.25) is 0 Å². The normalized spacial score (nSPS) is 11.0. The zero-order valence-electron chi connectivity index (χ0n) is 8.27. The number of rotatable bonds is 3. The number of aryl methyl sites for hydroxylation is 2. The minimum Gasteiger partial charge on any atom is -0.286 e. The second-order valence-electron chi connectivity index (χ2n) is 3.30. The van der Waals surface area contributed by atoms with E-state index in [-0.39, 0.29) is 12.2 Å². The van der Waals surface area contributed by atoms with Crippen molar-refractivity contribution < 1.29 is 13.0 Å². The first kappa shape index (κ1) is 11.7. The van der Waals surface area contributed by atoms with Gasteiger partial charge in [-0.3, -0.25) is 4.55 Å². The van der Waals surface area contributed by atoms with Crippen molar-refractivity contribution in [1.82, 2.24) is 0 Å². The molecule has 0 radical (unpaired) electrons. The van der Waals surface area contributed by atoms with Gasteiger partial charge >= 0.3 is 0 Å². The van der Waals surface area contributed by atoms with Gasteiger partial charge in [-0.05, 0) is 30.5 Å². The Balaban J connectivity index is 2.82. The van der Waals surface area contributed by atoms with Gasteiger partial charge in [-0.2, -0.15) is 13.7 Å². The molecule has 5 heteroatoms. The molecule has 80 valence electrons. The molecule has 0 aliphatic heterocycles. The van der Waals surface area contributed by atoms with E-state index in [0.29, 0.717) is 5.56 Å². The average molecular weight is 225 g/mol. The van der Waals surface area contributed by atoms with Crippen LogP contribution < -0.4 is 0 Å². The molecule has 0 atom stereocenters. The van der Waals surface area contributed by atoms with Crippen molar-refractivity contribution in [3.63, 3.8) is 0 Å². The number of nitrogens with zero attached hydrogens (tertiary/aromatic N) is 1. The highest BCUT2D eigenvalue weighted by Gasteiger charge is 2.06. The Bertz CT molecular complexity index is 500. The lowest BCUT2D eigenvalue weighted by Gasteiger charge is -2.02. The molecule has 0 fully saturated rings. The molecule has 0 aliphatic carbocycles. The van der Waals surface area contributed by atoms with Crippen LogP contribution in [0, 0.1) is 18.3 Å². The highest BCUT2D eigenvalue weighted by molar-refractivity contribution is 7.85. The van der Waals surface area contributed by atoms with Gasteiger partial charge in [0.25, 0.3) is 10.1 Å². The minimum atomic E-state index is -3.92. The fourth-order valence-corrected chi connectivity index (χ4v) is 1.75. The summed E-state index contributed by atoms with van der Waals surface area (Å²) < 4.78 is 29.6. The minimum absolute atomic E-state index is 0.255. The summed E-state index contributed by atoms with van der Waals surface area (Å²) in [6.07, 6.45) is 0.255. The van der Waals surface area contributed by atoms with E-state index in [1.54, 1.807) is 25.1 Å². The predicted molar refractivity (Wildman–Crippen MR) is 56.0 cm³/mol. The smallest absolute Gasteiger partial charge is 0.265 e. The van der Waals surface area contributed by atoms with Crippen molar-refractivity contribution in [3.8, 4) is 6.07 Å². The molecule has 0 amide bonds. The maximum absolute atomic E-state index is 10.5. The summed E-state index contributed by atoms with van der Waals surface area (Å²) >= 11 is 0. The SMILES string of the molecule is Cc1cc(CCS(=O)(=O)O)ccc1C#N. The molecule has 0 spiro atoms. The molecular formula is C10H11NO3S. The van der Waals surface area contributed by atoms with Crippen LogP contribution >= 0.6 is 0 Å². The second-order valence-corrected chi connectivity index (χ2v) is 4.87. The first-order valence-electron chi connectivity index (χ1n) is 4.37. The third-order valence-electron chi connectivity index (χ3n) is 2.06. The topological polar surface area (TPSA) is 78.2 Å². The largest absolute Gasteiger partial charge is 0.286 e. The average Bonchev–Trinajstić information content (AvgIpc) is 2.14. The van der Waals surface area contributed by atoms with Crippen LogP contribution in [-0.2, 0) is 16.5 Å². The van der Waals surface area contributed by atoms with E-state index in [4.69, 9.17) is 9.81 Å². The lowest BCUT2D eigenvalue weighted by Crippen LogP contribution is -2.06. The number of hydrogen-bond donors (Lipinski definition) is 1. The van der Waals surface area contributed by atoms with Gasteiger partial charge in [0.05, 0.1) is 17.4 Å². The molecule has 1 aromatic rings. The third-order valence-corrected chi connectivity index (χ3v) is 2.78. The first-order valence-corrected chi connectivity index (χ1v) is 5.98. The molecular weight excluding hydrogens is 214 g/mol. The third kappa shape index (κ3) is 3.70. The molecule has 4 nitrogen and oxygen atoms in total. The summed E-state index contributed by atoms with van der Waals surface area (Å²) in [7, 11) is -3.92. The monoisotopic (exact) mass is 225 g/mol. The van der Waals surface area contributed by atoms with E-state index in [1.165, 1.54) is 0 Å². The molecule has 0 saturated carbocycles. The highest BCUT2D eigenvalue weighted by atomic mass is 32.2. The van der Waals surface area contributed by atoms with Gasteiger partial charge in [0.1, 0.15) is 0 Å². The zero-order valence-corrected chi connectivity index (χ0v) is 9.08. The highest BCUT2D eigenvalue weighted by Crippen LogP contribution is 2.11. The fraction of sp³-hybridized carbons (Fsp3) is 0.300. The maximum atomic E-state index is 10.5. The van der Waals surface area contributed by atoms with Crippen LogP contribution in [0.4, 0.5) is 0 Å². The van der Waals surface area contributed by atoms with E-state index >= 15 is 0 Å². The van der Waals surface area contributed by atoms with E-state index in [1.807, 2.05) is 6.07 Å².